The zero-order chi connectivity index (χ0) is 43.2. The average Bonchev–Trinajstić information content (AvgIpc) is 3.18. The van der Waals surface area contributed by atoms with Gasteiger partial charge in [0, 0.05) is 12.8 Å². The Morgan fingerprint density at radius 1 is 0.224 bits per heavy atom. The van der Waals surface area contributed by atoms with Crippen molar-refractivity contribution < 1.29 is 96.1 Å². The number of carboxylic acid groups (broad SMARTS) is 2. The molecule has 0 rings (SSSR count). The molecule has 0 unspecified atom stereocenters. The molecule has 20 heteroatoms. The van der Waals surface area contributed by atoms with Gasteiger partial charge in [0.25, 0.3) is 0 Å². The predicted octanol–water partition coefficient (Wildman–Crippen LogP) is 3.30. The van der Waals surface area contributed by atoms with E-state index >= 15 is 0 Å². The Kier molecular flexibility index (Phi) is 32.8. The van der Waals surface area contributed by atoms with Crippen molar-refractivity contribution in [2.24, 2.45) is 0 Å². The van der Waals surface area contributed by atoms with Gasteiger partial charge in [-0.2, -0.15) is 0 Å². The molecular weight excluding hydrogens is 776 g/mol. The molecule has 0 heterocycles. The molecule has 330 valence electrons. The minimum atomic E-state index is -1.09. The predicted molar refractivity (Wildman–Crippen MR) is 195 cm³/mol. The molecule has 0 aliphatic carbocycles. The molecular formula is C38H58O20. The maximum Gasteiger partial charge on any atom is 0.306 e. The van der Waals surface area contributed by atoms with E-state index in [1.165, 1.54) is 0 Å². The fourth-order valence-corrected chi connectivity index (χ4v) is 4.25. The number of carbonyl (C=O) groups is 10. The third-order valence-corrected chi connectivity index (χ3v) is 7.42. The number of rotatable bonds is 37. The highest BCUT2D eigenvalue weighted by molar-refractivity contribution is 5.79. The van der Waals surface area contributed by atoms with E-state index in [2.05, 4.69) is 0 Å². The molecule has 0 saturated heterocycles. The van der Waals surface area contributed by atoms with Crippen molar-refractivity contribution in [3.05, 3.63) is 0 Å². The van der Waals surface area contributed by atoms with E-state index in [1.54, 1.807) is 0 Å². The minimum Gasteiger partial charge on any atom is -0.481 e. The van der Waals surface area contributed by atoms with Crippen LogP contribution in [-0.2, 0) is 85.8 Å². The Morgan fingerprint density at radius 2 is 0.397 bits per heavy atom. The smallest absolute Gasteiger partial charge is 0.306 e. The molecule has 0 aromatic heterocycles. The maximum atomic E-state index is 11.9. The lowest BCUT2D eigenvalue weighted by Crippen LogP contribution is -2.13. The first-order valence-corrected chi connectivity index (χ1v) is 19.5. The number of ether oxygens (including phenoxy) is 8. The Hall–Kier alpha value is -5.30. The Morgan fingerprint density at radius 3 is 0.603 bits per heavy atom. The molecule has 0 spiro atoms. The number of esters is 8. The van der Waals surface area contributed by atoms with Crippen LogP contribution in [0.5, 0.6) is 0 Å². The summed E-state index contributed by atoms with van der Waals surface area (Å²) >= 11 is 0. The van der Waals surface area contributed by atoms with Gasteiger partial charge in [-0.1, -0.05) is 0 Å². The number of carboxylic acids is 2. The molecule has 58 heavy (non-hydrogen) atoms. The first-order valence-electron chi connectivity index (χ1n) is 19.5. The number of unbranched alkanes of at least 4 members (excludes halogenated alkanes) is 5. The number of hydrogen-bond acceptors (Lipinski definition) is 18. The summed E-state index contributed by atoms with van der Waals surface area (Å²) in [6, 6.07) is 0. The largest absolute Gasteiger partial charge is 0.481 e. The molecule has 0 atom stereocenters. The summed E-state index contributed by atoms with van der Waals surface area (Å²) in [5.41, 5.74) is 0. The SMILES string of the molecule is O=C(O)CCCCC(=O)OCCCCOC(=O)CCC(=O)OCCCCOC(=O)CCC(=O)OCCCCOC(=O)CCC(=O)OCCCCOC(=O)CCC(=O)O. The van der Waals surface area contributed by atoms with Crippen molar-refractivity contribution >= 4 is 59.7 Å². The summed E-state index contributed by atoms with van der Waals surface area (Å²) in [6.45, 7) is 0.652. The van der Waals surface area contributed by atoms with Crippen molar-refractivity contribution in [2.75, 3.05) is 52.9 Å². The first-order chi connectivity index (χ1) is 27.8. The van der Waals surface area contributed by atoms with Crippen LogP contribution in [0, 0.1) is 0 Å². The summed E-state index contributed by atoms with van der Waals surface area (Å²) in [7, 11) is 0. The first kappa shape index (κ1) is 52.7. The fourth-order valence-electron chi connectivity index (χ4n) is 4.25. The van der Waals surface area contributed by atoms with Crippen LogP contribution in [0.15, 0.2) is 0 Å². The van der Waals surface area contributed by atoms with Gasteiger partial charge in [-0.3, -0.25) is 47.9 Å². The summed E-state index contributed by atoms with van der Waals surface area (Å²) in [4.78, 5) is 115. The Labute approximate surface area is 336 Å². The van der Waals surface area contributed by atoms with E-state index in [-0.39, 0.29) is 117 Å². The highest BCUT2D eigenvalue weighted by Crippen LogP contribution is 2.05. The van der Waals surface area contributed by atoms with E-state index in [9.17, 15) is 47.9 Å². The zero-order valence-corrected chi connectivity index (χ0v) is 33.0. The normalized spacial score (nSPS) is 10.4. The molecule has 0 aromatic carbocycles. The molecule has 0 radical (unpaired) electrons. The summed E-state index contributed by atoms with van der Waals surface area (Å²) < 4.78 is 40.1. The highest BCUT2D eigenvalue weighted by Gasteiger charge is 2.13. The molecule has 0 saturated carbocycles. The van der Waals surface area contributed by atoms with Gasteiger partial charge in [0.15, 0.2) is 0 Å². The molecule has 0 fully saturated rings. The lowest BCUT2D eigenvalue weighted by Gasteiger charge is -2.08. The lowest BCUT2D eigenvalue weighted by atomic mass is 10.2. The van der Waals surface area contributed by atoms with E-state index in [1.807, 2.05) is 0 Å². The van der Waals surface area contributed by atoms with E-state index in [0.717, 1.165) is 0 Å². The van der Waals surface area contributed by atoms with Crippen molar-refractivity contribution in [1.82, 2.24) is 0 Å². The molecule has 0 aliphatic rings. The molecule has 0 bridgehead atoms. The average molecular weight is 835 g/mol. The number of hydrogen-bond donors (Lipinski definition) is 2. The van der Waals surface area contributed by atoms with Crippen LogP contribution in [-0.4, -0.2) is 123 Å². The Balaban J connectivity index is 3.63. The molecule has 20 nitrogen and oxygen atoms in total. The highest BCUT2D eigenvalue weighted by atomic mass is 16.6. The van der Waals surface area contributed by atoms with Gasteiger partial charge in [0.1, 0.15) is 0 Å². The van der Waals surface area contributed by atoms with Crippen LogP contribution >= 0.6 is 0 Å². The van der Waals surface area contributed by atoms with Crippen LogP contribution in [0.1, 0.15) is 128 Å². The van der Waals surface area contributed by atoms with Gasteiger partial charge in [0.2, 0.25) is 0 Å². The maximum absolute atomic E-state index is 11.9. The second-order valence-corrected chi connectivity index (χ2v) is 12.6. The van der Waals surface area contributed by atoms with Gasteiger partial charge in [-0.15, -0.1) is 0 Å². The molecule has 0 amide bonds. The number of carbonyl (C=O) groups excluding carboxylic acids is 8. The summed E-state index contributed by atoms with van der Waals surface area (Å²) in [6.07, 6.45) is 2.84. The quantitative estimate of drug-likeness (QED) is 0.0515. The van der Waals surface area contributed by atoms with Crippen molar-refractivity contribution in [3.8, 4) is 0 Å². The van der Waals surface area contributed by atoms with Gasteiger partial charge >= 0.3 is 59.7 Å². The third kappa shape index (κ3) is 37.6. The van der Waals surface area contributed by atoms with Gasteiger partial charge in [0.05, 0.1) is 104 Å². The lowest BCUT2D eigenvalue weighted by molar-refractivity contribution is -0.151. The van der Waals surface area contributed by atoms with E-state index < -0.39 is 59.7 Å². The standard InChI is InChI=1S/C38H58O20/c39-29(40)11-1-2-12-31(43)51-21-3-4-23-53-33(45)15-16-35(47)55-25-7-8-27-57-37(49)19-20-38(50)58-28-10-9-26-56-36(48)18-17-34(46)54-24-6-5-22-52-32(44)14-13-30(41)42/h1-28H2,(H,39,40)(H,41,42). The van der Waals surface area contributed by atoms with Crippen LogP contribution in [0.4, 0.5) is 0 Å². The fraction of sp³-hybridized carbons (Fsp3) is 0.737. The van der Waals surface area contributed by atoms with Crippen molar-refractivity contribution in [1.29, 1.82) is 0 Å². The van der Waals surface area contributed by atoms with Crippen molar-refractivity contribution in [2.45, 2.75) is 128 Å². The number of aliphatic carboxylic acids is 2. The van der Waals surface area contributed by atoms with Crippen LogP contribution in [0.2, 0.25) is 0 Å². The minimum absolute atomic E-state index is 0.00303. The van der Waals surface area contributed by atoms with Crippen LogP contribution < -0.4 is 0 Å². The summed E-state index contributed by atoms with van der Waals surface area (Å²) in [5, 5.41) is 17.1. The summed E-state index contributed by atoms with van der Waals surface area (Å²) in [5.74, 6) is -6.55. The van der Waals surface area contributed by atoms with Gasteiger partial charge in [-0.25, -0.2) is 0 Å². The van der Waals surface area contributed by atoms with E-state index in [0.29, 0.717) is 64.2 Å². The van der Waals surface area contributed by atoms with Gasteiger partial charge < -0.3 is 48.1 Å². The molecule has 0 aliphatic heterocycles. The second-order valence-electron chi connectivity index (χ2n) is 12.6. The Bertz CT molecular complexity index is 1280. The second kappa shape index (κ2) is 36.1. The van der Waals surface area contributed by atoms with E-state index in [4.69, 9.17) is 48.1 Å². The zero-order valence-electron chi connectivity index (χ0n) is 33.0. The van der Waals surface area contributed by atoms with Crippen molar-refractivity contribution in [3.63, 3.8) is 0 Å². The monoisotopic (exact) mass is 834 g/mol. The molecule has 0 aromatic rings. The van der Waals surface area contributed by atoms with Crippen LogP contribution in [0.25, 0.3) is 0 Å². The third-order valence-electron chi connectivity index (χ3n) is 7.42. The molecule has 2 N–H and O–H groups in total. The topological polar surface area (TPSA) is 285 Å². The van der Waals surface area contributed by atoms with Crippen LogP contribution in [0.3, 0.4) is 0 Å². The van der Waals surface area contributed by atoms with Gasteiger partial charge in [-0.05, 0) is 64.2 Å².